The summed E-state index contributed by atoms with van der Waals surface area (Å²) in [5.41, 5.74) is 4.02. The summed E-state index contributed by atoms with van der Waals surface area (Å²) in [4.78, 5) is 70.3. The molecular formula is C52H59Cl2N7O8. The fraction of sp³-hybridized carbons (Fsp3) is 0.404. The first-order chi connectivity index (χ1) is 33.2. The third-order valence-corrected chi connectivity index (χ3v) is 14.2. The normalized spacial score (nSPS) is 21.8. The lowest BCUT2D eigenvalue weighted by molar-refractivity contribution is -0.148. The maximum Gasteiger partial charge on any atom is 0.247 e. The van der Waals surface area contributed by atoms with E-state index in [-0.39, 0.29) is 32.0 Å². The van der Waals surface area contributed by atoms with Crippen LogP contribution in [0.25, 0.3) is 11.3 Å². The molecule has 0 bridgehead atoms. The first-order valence-corrected chi connectivity index (χ1v) is 24.0. The molecule has 1 aromatic heterocycles. The molecule has 17 heteroatoms. The van der Waals surface area contributed by atoms with E-state index in [1.54, 1.807) is 62.3 Å². The summed E-state index contributed by atoms with van der Waals surface area (Å²) < 4.78 is 20.4. The van der Waals surface area contributed by atoms with Crippen molar-refractivity contribution in [3.8, 4) is 34.3 Å². The summed E-state index contributed by atoms with van der Waals surface area (Å²) in [6.07, 6.45) is 4.31. The first-order valence-electron chi connectivity index (χ1n) is 23.3. The van der Waals surface area contributed by atoms with Gasteiger partial charge in [-0.15, -0.1) is 0 Å². The fourth-order valence-electron chi connectivity index (χ4n) is 9.60. The van der Waals surface area contributed by atoms with Gasteiger partial charge in [0.1, 0.15) is 29.4 Å². The molecule has 4 aromatic carbocycles. The molecule has 0 aliphatic carbocycles. The zero-order valence-electron chi connectivity index (χ0n) is 39.6. The number of ether oxygens (including phenoxy) is 3. The van der Waals surface area contributed by atoms with Crippen molar-refractivity contribution in [2.45, 2.75) is 69.7 Å². The number of para-hydroxylation sites is 1. The quantitative estimate of drug-likeness (QED) is 0.138. The van der Waals surface area contributed by atoms with E-state index in [2.05, 4.69) is 14.8 Å². The van der Waals surface area contributed by atoms with E-state index >= 15 is 9.59 Å². The minimum absolute atomic E-state index is 0.0630. The van der Waals surface area contributed by atoms with Crippen molar-refractivity contribution in [3.63, 3.8) is 0 Å². The number of carbonyl (C=O) groups excluding carboxylic acids is 4. The van der Waals surface area contributed by atoms with Gasteiger partial charge in [0.2, 0.25) is 23.6 Å². The number of amides is 4. The Morgan fingerprint density at radius 1 is 0.855 bits per heavy atom. The van der Waals surface area contributed by atoms with Gasteiger partial charge in [0.05, 0.1) is 57.3 Å². The van der Waals surface area contributed by atoms with Crippen LogP contribution in [0.1, 0.15) is 54.6 Å². The molecule has 3 aliphatic rings. The van der Waals surface area contributed by atoms with Gasteiger partial charge in [0, 0.05) is 66.8 Å². The Labute approximate surface area is 412 Å². The van der Waals surface area contributed by atoms with Crippen LogP contribution in [-0.2, 0) is 45.7 Å². The second kappa shape index (κ2) is 21.7. The zero-order valence-corrected chi connectivity index (χ0v) is 41.1. The number of nitrogens with zero attached hydrogens (tertiary/aromatic N) is 6. The van der Waals surface area contributed by atoms with E-state index in [0.29, 0.717) is 50.6 Å². The standard InChI is InChI=1S/C52H59Cl2N7O8/c1-32-50(64)56-43(30-62)52(66)58(3)38(23-33-11-16-36(53)17-12-33)28-57(2)51(65)41(42-31-68-49-40(42)9-8-10-45(49)67-5)25-48(63)61(32)27-35-13-18-37(54)24-46(35)69-39-19-14-34(15-20-39)44-26-55-47(59(44)4)29-60-21-6-7-22-60/h8-20,24,26,32,38,41-43,62H,6-7,21-23,25,27-31H2,1-5H3,(H,56,64)/t32-,38+,41-,42?,43-/m0/s1. The summed E-state index contributed by atoms with van der Waals surface area (Å²) in [5.74, 6) is -0.799. The van der Waals surface area contributed by atoms with E-state index in [0.717, 1.165) is 42.3 Å². The Morgan fingerprint density at radius 3 is 2.29 bits per heavy atom. The lowest BCUT2D eigenvalue weighted by Crippen LogP contribution is -2.58. The van der Waals surface area contributed by atoms with Gasteiger partial charge in [-0.2, -0.15) is 0 Å². The molecule has 3 aliphatic heterocycles. The van der Waals surface area contributed by atoms with Gasteiger partial charge >= 0.3 is 0 Å². The van der Waals surface area contributed by atoms with Crippen LogP contribution < -0.4 is 19.5 Å². The highest BCUT2D eigenvalue weighted by molar-refractivity contribution is 6.31. The van der Waals surface area contributed by atoms with Crippen LogP contribution in [0.4, 0.5) is 0 Å². The van der Waals surface area contributed by atoms with Crippen molar-refractivity contribution in [3.05, 3.63) is 124 Å². The largest absolute Gasteiger partial charge is 0.493 e. The van der Waals surface area contributed by atoms with Gasteiger partial charge < -0.3 is 43.9 Å². The van der Waals surface area contributed by atoms with Crippen LogP contribution in [0.3, 0.4) is 0 Å². The van der Waals surface area contributed by atoms with Crippen molar-refractivity contribution >= 4 is 46.8 Å². The number of rotatable bonds is 12. The number of benzene rings is 4. The summed E-state index contributed by atoms with van der Waals surface area (Å²) >= 11 is 12.8. The second-order valence-electron chi connectivity index (χ2n) is 18.2. The molecule has 69 heavy (non-hydrogen) atoms. The van der Waals surface area contributed by atoms with Crippen LogP contribution in [0.2, 0.25) is 10.0 Å². The lowest BCUT2D eigenvalue weighted by Gasteiger charge is -2.37. The average molecular weight is 981 g/mol. The molecule has 2 saturated heterocycles. The van der Waals surface area contributed by atoms with E-state index in [1.807, 2.05) is 61.8 Å². The minimum atomic E-state index is -1.35. The molecule has 0 saturated carbocycles. The van der Waals surface area contributed by atoms with Crippen LogP contribution in [0.5, 0.6) is 23.0 Å². The highest BCUT2D eigenvalue weighted by Gasteiger charge is 2.43. The van der Waals surface area contributed by atoms with Gasteiger partial charge in [-0.3, -0.25) is 24.1 Å². The molecule has 2 N–H and O–H groups in total. The van der Waals surface area contributed by atoms with Gasteiger partial charge in [-0.1, -0.05) is 53.5 Å². The summed E-state index contributed by atoms with van der Waals surface area (Å²) in [7, 11) is 6.80. The number of aliphatic hydroxyl groups excluding tert-OH is 1. The molecule has 15 nitrogen and oxygen atoms in total. The van der Waals surface area contributed by atoms with Crippen LogP contribution in [0.15, 0.2) is 91.1 Å². The smallest absolute Gasteiger partial charge is 0.247 e. The number of aliphatic hydroxyl groups is 1. The number of likely N-dealkylation sites (tertiary alicyclic amines) is 1. The average Bonchev–Trinajstić information content (AvgIpc) is 4.12. The predicted molar refractivity (Wildman–Crippen MR) is 262 cm³/mol. The van der Waals surface area contributed by atoms with Gasteiger partial charge in [-0.05, 0) is 99.4 Å². The fourth-order valence-corrected chi connectivity index (χ4v) is 9.88. The van der Waals surface area contributed by atoms with Crippen molar-refractivity contribution in [1.82, 2.24) is 34.5 Å². The summed E-state index contributed by atoms with van der Waals surface area (Å²) in [6, 6.07) is 22.2. The Balaban J connectivity index is 1.11. The lowest BCUT2D eigenvalue weighted by atomic mass is 9.83. The molecular weight excluding hydrogens is 922 g/mol. The number of methoxy groups -OCH3 is 1. The Bertz CT molecular complexity index is 2660. The van der Waals surface area contributed by atoms with Crippen LogP contribution >= 0.6 is 23.2 Å². The molecule has 4 heterocycles. The SMILES string of the molecule is COc1cccc2c1OCC2[C@@H]1CC(=O)N(Cc2ccc(Cl)cc2Oc2ccc(-c3cnc(CN4CCCC4)n3C)cc2)[C@@H](C)C(=O)N[C@@H](CO)C(=O)N(C)[C@H](Cc2ccc(Cl)cc2)CN(C)C1=O. The third kappa shape index (κ3) is 11.0. The first kappa shape index (κ1) is 49.3. The maximum absolute atomic E-state index is 15.1. The van der Waals surface area contributed by atoms with E-state index < -0.39 is 54.3 Å². The molecule has 0 radical (unpaired) electrons. The van der Waals surface area contributed by atoms with Gasteiger partial charge in [-0.25, -0.2) is 4.98 Å². The monoisotopic (exact) mass is 979 g/mol. The van der Waals surface area contributed by atoms with E-state index in [4.69, 9.17) is 42.4 Å². The van der Waals surface area contributed by atoms with E-state index in [1.165, 1.54) is 29.8 Å². The topological polar surface area (TPSA) is 159 Å². The Hall–Kier alpha value is -6.13. The number of hydrogen-bond acceptors (Lipinski definition) is 10. The van der Waals surface area contributed by atoms with Gasteiger partial charge in [0.25, 0.3) is 0 Å². The minimum Gasteiger partial charge on any atom is -0.493 e. The predicted octanol–water partition coefficient (Wildman–Crippen LogP) is 6.71. The number of fused-ring (bicyclic) bond motifs is 1. The van der Waals surface area contributed by atoms with Crippen molar-refractivity contribution in [2.75, 3.05) is 54.1 Å². The van der Waals surface area contributed by atoms with Crippen LogP contribution in [-0.4, -0.2) is 130 Å². The summed E-state index contributed by atoms with van der Waals surface area (Å²) in [6.45, 7) is 3.81. The van der Waals surface area contributed by atoms with Crippen molar-refractivity contribution in [1.29, 1.82) is 0 Å². The van der Waals surface area contributed by atoms with Gasteiger partial charge in [0.15, 0.2) is 11.5 Å². The molecule has 364 valence electrons. The number of likely N-dealkylation sites (N-methyl/N-ethyl adjacent to an activating group) is 2. The third-order valence-electron chi connectivity index (χ3n) is 13.7. The molecule has 2 fully saturated rings. The Kier molecular flexibility index (Phi) is 15.5. The maximum atomic E-state index is 15.1. The van der Waals surface area contributed by atoms with Crippen molar-refractivity contribution in [2.24, 2.45) is 13.0 Å². The van der Waals surface area contributed by atoms with Crippen molar-refractivity contribution < 1.29 is 38.5 Å². The molecule has 4 amide bonds. The molecule has 1 unspecified atom stereocenters. The van der Waals surface area contributed by atoms with Crippen LogP contribution in [0, 0.1) is 5.92 Å². The number of imidazole rings is 1. The molecule has 5 aromatic rings. The number of nitrogens with one attached hydrogen (secondary N) is 1. The Morgan fingerprint density at radius 2 is 1.58 bits per heavy atom. The number of aromatic nitrogens is 2. The number of hydrogen-bond donors (Lipinski definition) is 2. The number of halogens is 2. The second-order valence-corrected chi connectivity index (χ2v) is 19.1. The zero-order chi connectivity index (χ0) is 48.9. The summed E-state index contributed by atoms with van der Waals surface area (Å²) in [5, 5.41) is 14.2. The molecule has 8 rings (SSSR count). The highest BCUT2D eigenvalue weighted by atomic mass is 35.5. The molecule has 5 atom stereocenters. The van der Waals surface area contributed by atoms with E-state index in [9.17, 15) is 14.7 Å². The highest BCUT2D eigenvalue weighted by Crippen LogP contribution is 2.45. The number of carbonyl (C=O) groups is 4. The molecule has 0 spiro atoms.